The third-order valence-electron chi connectivity index (χ3n) is 4.36. The molecular formula is C15H31Cl2N3O. The Labute approximate surface area is 141 Å². The van der Waals surface area contributed by atoms with Gasteiger partial charge in [-0.15, -0.1) is 24.8 Å². The van der Waals surface area contributed by atoms with Gasteiger partial charge in [-0.3, -0.25) is 4.79 Å². The fourth-order valence-electron chi connectivity index (χ4n) is 3.10. The summed E-state index contributed by atoms with van der Waals surface area (Å²) in [5.74, 6) is 0.963. The third-order valence-corrected chi connectivity index (χ3v) is 4.36. The number of hydrogen-bond acceptors (Lipinski definition) is 3. The van der Waals surface area contributed by atoms with Gasteiger partial charge in [-0.1, -0.05) is 6.42 Å². The predicted octanol–water partition coefficient (Wildman–Crippen LogP) is 2.21. The summed E-state index contributed by atoms with van der Waals surface area (Å²) >= 11 is 0. The Morgan fingerprint density at radius 2 is 1.95 bits per heavy atom. The molecule has 2 fully saturated rings. The molecule has 0 radical (unpaired) electrons. The topological polar surface area (TPSA) is 44.4 Å². The minimum absolute atomic E-state index is 0. The Bertz CT molecular complexity index is 268. The summed E-state index contributed by atoms with van der Waals surface area (Å²) in [4.78, 5) is 14.2. The van der Waals surface area contributed by atoms with Crippen molar-refractivity contribution in [2.45, 2.75) is 44.9 Å². The molecule has 0 aromatic carbocycles. The van der Waals surface area contributed by atoms with Crippen LogP contribution in [0.1, 0.15) is 44.9 Å². The van der Waals surface area contributed by atoms with Crippen molar-refractivity contribution < 1.29 is 4.79 Å². The smallest absolute Gasteiger partial charge is 0.220 e. The highest BCUT2D eigenvalue weighted by molar-refractivity contribution is 5.85. The van der Waals surface area contributed by atoms with Gasteiger partial charge in [-0.25, -0.2) is 0 Å². The maximum Gasteiger partial charge on any atom is 0.220 e. The zero-order valence-electron chi connectivity index (χ0n) is 12.9. The standard InChI is InChI=1S/C15H29N3O.2ClH/c19-15(6-5-14-7-9-16-13-14)17-8-4-12-18-10-2-1-3-11-18;;/h14,16H,1-13H2,(H,17,19);2*1H. The van der Waals surface area contributed by atoms with E-state index in [2.05, 4.69) is 15.5 Å². The second kappa shape index (κ2) is 12.5. The Hall–Kier alpha value is -0.0300. The van der Waals surface area contributed by atoms with Crippen LogP contribution < -0.4 is 10.6 Å². The van der Waals surface area contributed by atoms with Crippen molar-refractivity contribution in [1.29, 1.82) is 0 Å². The summed E-state index contributed by atoms with van der Waals surface area (Å²) in [6, 6.07) is 0. The number of likely N-dealkylation sites (tertiary alicyclic amines) is 1. The first-order chi connectivity index (χ1) is 9.34. The van der Waals surface area contributed by atoms with Crippen molar-refractivity contribution in [2.24, 2.45) is 5.92 Å². The molecule has 0 aliphatic carbocycles. The lowest BCUT2D eigenvalue weighted by Crippen LogP contribution is -2.33. The number of carbonyl (C=O) groups is 1. The first kappa shape index (κ1) is 21.0. The van der Waals surface area contributed by atoms with E-state index in [0.717, 1.165) is 44.9 Å². The molecule has 2 aliphatic rings. The van der Waals surface area contributed by atoms with Gasteiger partial charge in [-0.2, -0.15) is 0 Å². The summed E-state index contributed by atoms with van der Waals surface area (Å²) in [5, 5.41) is 6.41. The molecule has 0 bridgehead atoms. The number of halogens is 2. The van der Waals surface area contributed by atoms with Gasteiger partial charge < -0.3 is 15.5 Å². The molecule has 4 nitrogen and oxygen atoms in total. The second-order valence-corrected chi connectivity index (χ2v) is 6.00. The van der Waals surface area contributed by atoms with Crippen molar-refractivity contribution in [3.8, 4) is 0 Å². The molecule has 21 heavy (non-hydrogen) atoms. The molecule has 1 unspecified atom stereocenters. The first-order valence-corrected chi connectivity index (χ1v) is 8.04. The molecule has 0 aromatic heterocycles. The van der Waals surface area contributed by atoms with Gasteiger partial charge in [0.1, 0.15) is 0 Å². The van der Waals surface area contributed by atoms with Crippen LogP contribution in [-0.4, -0.2) is 50.1 Å². The summed E-state index contributed by atoms with van der Waals surface area (Å²) in [6.07, 6.45) is 8.17. The second-order valence-electron chi connectivity index (χ2n) is 6.00. The number of rotatable bonds is 7. The van der Waals surface area contributed by atoms with Crippen LogP contribution in [0.4, 0.5) is 0 Å². The average Bonchev–Trinajstić information content (AvgIpc) is 2.96. The summed E-state index contributed by atoms with van der Waals surface area (Å²) in [5.41, 5.74) is 0. The summed E-state index contributed by atoms with van der Waals surface area (Å²) in [6.45, 7) is 6.72. The van der Waals surface area contributed by atoms with E-state index in [0.29, 0.717) is 6.42 Å². The maximum atomic E-state index is 11.7. The quantitative estimate of drug-likeness (QED) is 0.699. The van der Waals surface area contributed by atoms with Crippen LogP contribution in [0.2, 0.25) is 0 Å². The predicted molar refractivity (Wildman–Crippen MR) is 92.6 cm³/mol. The lowest BCUT2D eigenvalue weighted by atomic mass is 10.0. The van der Waals surface area contributed by atoms with E-state index in [1.165, 1.54) is 38.8 Å². The summed E-state index contributed by atoms with van der Waals surface area (Å²) in [7, 11) is 0. The van der Waals surface area contributed by atoms with E-state index in [4.69, 9.17) is 0 Å². The Kier molecular flexibility index (Phi) is 12.5. The molecule has 6 heteroatoms. The first-order valence-electron chi connectivity index (χ1n) is 8.04. The van der Waals surface area contributed by atoms with Gasteiger partial charge in [-0.05, 0) is 70.7 Å². The molecule has 2 heterocycles. The average molecular weight is 340 g/mol. The molecule has 2 rings (SSSR count). The monoisotopic (exact) mass is 339 g/mol. The van der Waals surface area contributed by atoms with Gasteiger partial charge in [0, 0.05) is 13.0 Å². The van der Waals surface area contributed by atoms with Crippen LogP contribution in [0, 0.1) is 5.92 Å². The molecule has 2 saturated heterocycles. The molecule has 0 aromatic rings. The van der Waals surface area contributed by atoms with Crippen LogP contribution in [0.25, 0.3) is 0 Å². The zero-order chi connectivity index (χ0) is 13.3. The van der Waals surface area contributed by atoms with Gasteiger partial charge in [0.2, 0.25) is 5.91 Å². The van der Waals surface area contributed by atoms with E-state index in [9.17, 15) is 4.79 Å². The molecule has 126 valence electrons. The van der Waals surface area contributed by atoms with E-state index < -0.39 is 0 Å². The number of hydrogen-bond donors (Lipinski definition) is 2. The largest absolute Gasteiger partial charge is 0.356 e. The molecule has 0 spiro atoms. The zero-order valence-corrected chi connectivity index (χ0v) is 14.6. The van der Waals surface area contributed by atoms with Crippen molar-refractivity contribution in [3.63, 3.8) is 0 Å². The van der Waals surface area contributed by atoms with Crippen LogP contribution in [0.5, 0.6) is 0 Å². The molecule has 0 saturated carbocycles. The van der Waals surface area contributed by atoms with Crippen molar-refractivity contribution >= 4 is 30.7 Å². The highest BCUT2D eigenvalue weighted by atomic mass is 35.5. The number of amides is 1. The fourth-order valence-corrected chi connectivity index (χ4v) is 3.10. The van der Waals surface area contributed by atoms with Crippen LogP contribution >= 0.6 is 24.8 Å². The van der Waals surface area contributed by atoms with Crippen molar-refractivity contribution in [3.05, 3.63) is 0 Å². The fraction of sp³-hybridized carbons (Fsp3) is 0.933. The molecule has 2 N–H and O–H groups in total. The van der Waals surface area contributed by atoms with Crippen LogP contribution in [0.3, 0.4) is 0 Å². The van der Waals surface area contributed by atoms with Gasteiger partial charge >= 0.3 is 0 Å². The minimum Gasteiger partial charge on any atom is -0.356 e. The van der Waals surface area contributed by atoms with Crippen LogP contribution in [-0.2, 0) is 4.79 Å². The lowest BCUT2D eigenvalue weighted by molar-refractivity contribution is -0.121. The van der Waals surface area contributed by atoms with Crippen molar-refractivity contribution in [2.75, 3.05) is 39.3 Å². The molecule has 2 aliphatic heterocycles. The number of carbonyl (C=O) groups excluding carboxylic acids is 1. The highest BCUT2D eigenvalue weighted by Crippen LogP contribution is 2.13. The maximum absolute atomic E-state index is 11.7. The number of piperidine rings is 1. The van der Waals surface area contributed by atoms with E-state index in [-0.39, 0.29) is 30.7 Å². The Morgan fingerprint density at radius 1 is 1.19 bits per heavy atom. The van der Waals surface area contributed by atoms with Crippen molar-refractivity contribution in [1.82, 2.24) is 15.5 Å². The lowest BCUT2D eigenvalue weighted by Gasteiger charge is -2.26. The van der Waals surface area contributed by atoms with E-state index in [1.807, 2.05) is 0 Å². The normalized spacial score (nSPS) is 22.2. The Morgan fingerprint density at radius 3 is 2.62 bits per heavy atom. The highest BCUT2D eigenvalue weighted by Gasteiger charge is 2.15. The third kappa shape index (κ3) is 8.87. The number of nitrogens with one attached hydrogen (secondary N) is 2. The van der Waals surface area contributed by atoms with E-state index >= 15 is 0 Å². The SMILES string of the molecule is Cl.Cl.O=C(CCC1CCNC1)NCCCN1CCCCC1. The molecule has 1 atom stereocenters. The molecular weight excluding hydrogens is 309 g/mol. The summed E-state index contributed by atoms with van der Waals surface area (Å²) < 4.78 is 0. The molecule has 1 amide bonds. The van der Waals surface area contributed by atoms with Gasteiger partial charge in [0.05, 0.1) is 0 Å². The Balaban J connectivity index is 0.00000200. The minimum atomic E-state index is 0. The van der Waals surface area contributed by atoms with E-state index in [1.54, 1.807) is 0 Å². The van der Waals surface area contributed by atoms with Gasteiger partial charge in [0.15, 0.2) is 0 Å². The number of nitrogens with zero attached hydrogens (tertiary/aromatic N) is 1. The van der Waals surface area contributed by atoms with Crippen LogP contribution in [0.15, 0.2) is 0 Å². The van der Waals surface area contributed by atoms with Gasteiger partial charge in [0.25, 0.3) is 0 Å².